The SMILES string of the molecule is Nc1cn[nH]c1C(=O)N1CCCC1C1CCCC1. The Bertz CT molecular complexity index is 436. The Morgan fingerprint density at radius 2 is 2.11 bits per heavy atom. The van der Waals surface area contributed by atoms with Crippen molar-refractivity contribution in [3.63, 3.8) is 0 Å². The lowest BCUT2D eigenvalue weighted by atomic mass is 9.96. The first-order valence-corrected chi connectivity index (χ1v) is 6.87. The number of rotatable bonds is 2. The van der Waals surface area contributed by atoms with E-state index < -0.39 is 0 Å². The van der Waals surface area contributed by atoms with Crippen LogP contribution in [0.4, 0.5) is 5.69 Å². The number of nitrogens with one attached hydrogen (secondary N) is 1. The van der Waals surface area contributed by atoms with Gasteiger partial charge in [0, 0.05) is 12.6 Å². The molecule has 1 amide bonds. The smallest absolute Gasteiger partial charge is 0.274 e. The first kappa shape index (κ1) is 11.6. The molecule has 1 saturated carbocycles. The van der Waals surface area contributed by atoms with Gasteiger partial charge in [-0.25, -0.2) is 0 Å². The maximum absolute atomic E-state index is 12.5. The zero-order valence-corrected chi connectivity index (χ0v) is 10.6. The van der Waals surface area contributed by atoms with Gasteiger partial charge in [0.15, 0.2) is 0 Å². The Morgan fingerprint density at radius 1 is 1.33 bits per heavy atom. The number of anilines is 1. The van der Waals surface area contributed by atoms with E-state index in [9.17, 15) is 4.79 Å². The van der Waals surface area contributed by atoms with Crippen LogP contribution in [-0.2, 0) is 0 Å². The van der Waals surface area contributed by atoms with Crippen molar-refractivity contribution in [2.45, 2.75) is 44.6 Å². The molecule has 2 heterocycles. The Kier molecular flexibility index (Phi) is 2.97. The van der Waals surface area contributed by atoms with E-state index in [1.807, 2.05) is 4.90 Å². The van der Waals surface area contributed by atoms with E-state index in [4.69, 9.17) is 5.73 Å². The number of amides is 1. The van der Waals surface area contributed by atoms with Crippen LogP contribution in [0.25, 0.3) is 0 Å². The fourth-order valence-electron chi connectivity index (χ4n) is 3.49. The minimum atomic E-state index is 0.0272. The van der Waals surface area contributed by atoms with Crippen LogP contribution in [0.2, 0.25) is 0 Å². The average Bonchev–Trinajstić information content (AvgIpc) is 3.09. The maximum Gasteiger partial charge on any atom is 0.274 e. The third kappa shape index (κ3) is 1.87. The molecule has 18 heavy (non-hydrogen) atoms. The molecule has 0 bridgehead atoms. The molecular formula is C13H20N4O. The van der Waals surface area contributed by atoms with Crippen LogP contribution in [0.3, 0.4) is 0 Å². The molecule has 1 aromatic rings. The first-order valence-electron chi connectivity index (χ1n) is 6.87. The summed E-state index contributed by atoms with van der Waals surface area (Å²) in [5.74, 6) is 0.722. The van der Waals surface area contributed by atoms with E-state index >= 15 is 0 Å². The fraction of sp³-hybridized carbons (Fsp3) is 0.692. The molecule has 5 nitrogen and oxygen atoms in total. The van der Waals surface area contributed by atoms with Crippen LogP contribution in [-0.4, -0.2) is 33.6 Å². The van der Waals surface area contributed by atoms with Gasteiger partial charge in [-0.05, 0) is 31.6 Å². The highest BCUT2D eigenvalue weighted by Crippen LogP contribution is 2.36. The molecule has 1 unspecified atom stereocenters. The molecule has 0 spiro atoms. The van der Waals surface area contributed by atoms with Gasteiger partial charge in [-0.1, -0.05) is 12.8 Å². The summed E-state index contributed by atoms with van der Waals surface area (Å²) in [4.78, 5) is 14.5. The van der Waals surface area contributed by atoms with Crippen molar-refractivity contribution in [3.8, 4) is 0 Å². The number of likely N-dealkylation sites (tertiary alicyclic amines) is 1. The van der Waals surface area contributed by atoms with Crippen molar-refractivity contribution in [2.75, 3.05) is 12.3 Å². The van der Waals surface area contributed by atoms with Crippen LogP contribution < -0.4 is 5.73 Å². The number of nitrogen functional groups attached to an aromatic ring is 1. The quantitative estimate of drug-likeness (QED) is 0.837. The monoisotopic (exact) mass is 248 g/mol. The van der Waals surface area contributed by atoms with Crippen molar-refractivity contribution >= 4 is 11.6 Å². The predicted octanol–water partition coefficient (Wildman–Crippen LogP) is 1.79. The highest BCUT2D eigenvalue weighted by atomic mass is 16.2. The molecule has 2 aliphatic rings. The molecule has 1 aromatic heterocycles. The number of aromatic amines is 1. The van der Waals surface area contributed by atoms with Crippen molar-refractivity contribution < 1.29 is 4.79 Å². The molecule has 2 fully saturated rings. The van der Waals surface area contributed by atoms with Crippen LogP contribution in [0, 0.1) is 5.92 Å². The molecule has 1 saturated heterocycles. The second kappa shape index (κ2) is 4.63. The number of nitrogens with two attached hydrogens (primary N) is 1. The predicted molar refractivity (Wildman–Crippen MR) is 69.0 cm³/mol. The Labute approximate surface area is 107 Å². The number of hydrogen-bond acceptors (Lipinski definition) is 3. The van der Waals surface area contributed by atoms with E-state index in [2.05, 4.69) is 10.2 Å². The van der Waals surface area contributed by atoms with Gasteiger partial charge in [-0.2, -0.15) is 5.10 Å². The van der Waals surface area contributed by atoms with Crippen LogP contribution in [0.5, 0.6) is 0 Å². The highest BCUT2D eigenvalue weighted by molar-refractivity contribution is 5.97. The topological polar surface area (TPSA) is 75.0 Å². The van der Waals surface area contributed by atoms with Crippen LogP contribution in [0.1, 0.15) is 49.0 Å². The van der Waals surface area contributed by atoms with Crippen molar-refractivity contribution in [3.05, 3.63) is 11.9 Å². The Hall–Kier alpha value is -1.52. The number of carbonyl (C=O) groups is 1. The summed E-state index contributed by atoms with van der Waals surface area (Å²) in [7, 11) is 0. The summed E-state index contributed by atoms with van der Waals surface area (Å²) in [6.07, 6.45) is 8.93. The summed E-state index contributed by atoms with van der Waals surface area (Å²) in [6, 6.07) is 0.419. The number of hydrogen-bond donors (Lipinski definition) is 2. The second-order valence-electron chi connectivity index (χ2n) is 5.45. The van der Waals surface area contributed by atoms with Gasteiger partial charge in [-0.3, -0.25) is 9.89 Å². The van der Waals surface area contributed by atoms with Gasteiger partial charge in [0.05, 0.1) is 11.9 Å². The maximum atomic E-state index is 12.5. The molecular weight excluding hydrogens is 228 g/mol. The van der Waals surface area contributed by atoms with Crippen molar-refractivity contribution in [2.24, 2.45) is 5.92 Å². The minimum Gasteiger partial charge on any atom is -0.396 e. The van der Waals surface area contributed by atoms with Crippen molar-refractivity contribution in [1.29, 1.82) is 0 Å². The third-order valence-electron chi connectivity index (χ3n) is 4.39. The third-order valence-corrected chi connectivity index (χ3v) is 4.39. The second-order valence-corrected chi connectivity index (χ2v) is 5.45. The van der Waals surface area contributed by atoms with E-state index in [1.54, 1.807) is 0 Å². The number of H-pyrrole nitrogens is 1. The normalized spacial score (nSPS) is 24.9. The van der Waals surface area contributed by atoms with Gasteiger partial charge in [0.25, 0.3) is 5.91 Å². The van der Waals surface area contributed by atoms with E-state index in [0.29, 0.717) is 23.3 Å². The number of nitrogens with zero attached hydrogens (tertiary/aromatic N) is 2. The molecule has 98 valence electrons. The van der Waals surface area contributed by atoms with Gasteiger partial charge < -0.3 is 10.6 Å². The van der Waals surface area contributed by atoms with Gasteiger partial charge in [0.1, 0.15) is 5.69 Å². The van der Waals surface area contributed by atoms with Crippen LogP contribution in [0.15, 0.2) is 6.20 Å². The lowest BCUT2D eigenvalue weighted by Crippen LogP contribution is -2.39. The molecule has 3 rings (SSSR count). The molecule has 0 aromatic carbocycles. The Morgan fingerprint density at radius 3 is 2.78 bits per heavy atom. The largest absolute Gasteiger partial charge is 0.396 e. The molecule has 5 heteroatoms. The van der Waals surface area contributed by atoms with E-state index in [1.165, 1.54) is 31.9 Å². The van der Waals surface area contributed by atoms with E-state index in [0.717, 1.165) is 19.4 Å². The lowest BCUT2D eigenvalue weighted by molar-refractivity contribution is 0.0684. The molecule has 0 radical (unpaired) electrons. The summed E-state index contributed by atoms with van der Waals surface area (Å²) in [5, 5.41) is 6.57. The molecule has 1 aliphatic carbocycles. The Balaban J connectivity index is 1.78. The first-order chi connectivity index (χ1) is 8.77. The fourth-order valence-corrected chi connectivity index (χ4v) is 3.49. The van der Waals surface area contributed by atoms with Gasteiger partial charge >= 0.3 is 0 Å². The molecule has 1 aliphatic heterocycles. The van der Waals surface area contributed by atoms with Gasteiger partial charge in [0.2, 0.25) is 0 Å². The lowest BCUT2D eigenvalue weighted by Gasteiger charge is -2.29. The minimum absolute atomic E-state index is 0.0272. The zero-order chi connectivity index (χ0) is 12.5. The van der Waals surface area contributed by atoms with Crippen molar-refractivity contribution in [1.82, 2.24) is 15.1 Å². The number of aromatic nitrogens is 2. The number of carbonyl (C=O) groups excluding carboxylic acids is 1. The average molecular weight is 248 g/mol. The summed E-state index contributed by atoms with van der Waals surface area (Å²) >= 11 is 0. The summed E-state index contributed by atoms with van der Waals surface area (Å²) in [6.45, 7) is 0.860. The standard InChI is InChI=1S/C13H20N4O/c14-10-8-15-16-12(10)13(18)17-7-3-6-11(17)9-4-1-2-5-9/h8-9,11H,1-7,14H2,(H,15,16). The highest BCUT2D eigenvalue weighted by Gasteiger charge is 2.37. The zero-order valence-electron chi connectivity index (χ0n) is 10.6. The summed E-state index contributed by atoms with van der Waals surface area (Å²) < 4.78 is 0. The van der Waals surface area contributed by atoms with Gasteiger partial charge in [-0.15, -0.1) is 0 Å². The van der Waals surface area contributed by atoms with Crippen LogP contribution >= 0.6 is 0 Å². The molecule has 3 N–H and O–H groups in total. The van der Waals surface area contributed by atoms with E-state index in [-0.39, 0.29) is 5.91 Å². The summed E-state index contributed by atoms with van der Waals surface area (Å²) in [5.41, 5.74) is 6.68. The molecule has 1 atom stereocenters.